The fourth-order valence-electron chi connectivity index (χ4n) is 5.52. The molecule has 0 aromatic carbocycles. The highest BCUT2D eigenvalue weighted by Gasteiger charge is 1.97. The van der Waals surface area contributed by atoms with Gasteiger partial charge in [0.25, 0.3) is 0 Å². The molecule has 1 heterocycles. The van der Waals surface area contributed by atoms with Gasteiger partial charge in [0.05, 0.1) is 0 Å². The molecule has 0 aliphatic carbocycles. The first kappa shape index (κ1) is 35.5. The van der Waals surface area contributed by atoms with Crippen LogP contribution in [0.5, 0.6) is 0 Å². The molecule has 0 spiro atoms. The van der Waals surface area contributed by atoms with E-state index in [2.05, 4.69) is 33.2 Å². The lowest BCUT2D eigenvalue weighted by molar-refractivity contribution is 0.514. The zero-order valence-corrected chi connectivity index (χ0v) is 27.1. The van der Waals surface area contributed by atoms with E-state index in [1.165, 1.54) is 180 Å². The Bertz CT molecular complexity index is 591. The summed E-state index contributed by atoms with van der Waals surface area (Å²) in [6.07, 6.45) is 40.6. The van der Waals surface area contributed by atoms with E-state index in [1.807, 2.05) is 18.2 Å². The van der Waals surface area contributed by atoms with E-state index in [-0.39, 0.29) is 0 Å². The number of halogens is 1. The Hall–Kier alpha value is -0.570. The average Bonchev–Trinajstić information content (AvgIpc) is 2.92. The van der Waals surface area contributed by atoms with E-state index < -0.39 is 0 Å². The first-order valence-corrected chi connectivity index (χ1v) is 18.0. The van der Waals surface area contributed by atoms with Crippen LogP contribution in [0.2, 0.25) is 0 Å². The molecule has 222 valence electrons. The van der Waals surface area contributed by atoms with E-state index in [0.29, 0.717) is 0 Å². The molecule has 1 rings (SSSR count). The minimum atomic E-state index is 0.901. The van der Waals surface area contributed by atoms with E-state index in [0.717, 1.165) is 17.0 Å². The molecular weight excluding hydrogens is 528 g/mol. The minimum absolute atomic E-state index is 0.901. The second-order valence-corrected chi connectivity index (χ2v) is 12.6. The van der Waals surface area contributed by atoms with E-state index in [4.69, 9.17) is 0 Å². The van der Waals surface area contributed by atoms with Crippen LogP contribution >= 0.6 is 15.9 Å². The quantitative estimate of drug-likeness (QED) is 0.0709. The smallest absolute Gasteiger partial charge is 0.127 e. The Morgan fingerprint density at radius 2 is 0.789 bits per heavy atom. The molecule has 0 atom stereocenters. The second-order valence-electron chi connectivity index (χ2n) is 11.8. The number of hydrogen-bond donors (Lipinski definition) is 1. The zero-order chi connectivity index (χ0) is 27.2. The van der Waals surface area contributed by atoms with Crippen molar-refractivity contribution in [1.82, 2.24) is 4.98 Å². The molecular formula is C35H65BrN2. The predicted molar refractivity (Wildman–Crippen MR) is 175 cm³/mol. The number of hydrogen-bond acceptors (Lipinski definition) is 2. The molecule has 1 aromatic heterocycles. The van der Waals surface area contributed by atoms with Crippen molar-refractivity contribution in [3.63, 3.8) is 0 Å². The van der Waals surface area contributed by atoms with Gasteiger partial charge in [0.1, 0.15) is 10.4 Å². The summed E-state index contributed by atoms with van der Waals surface area (Å²) in [7, 11) is 0. The molecule has 0 aliphatic rings. The van der Waals surface area contributed by atoms with Gasteiger partial charge in [-0.2, -0.15) is 0 Å². The molecule has 1 N–H and O–H groups in total. The van der Waals surface area contributed by atoms with Crippen LogP contribution in [-0.4, -0.2) is 11.5 Å². The monoisotopic (exact) mass is 592 g/mol. The Morgan fingerprint density at radius 3 is 1.11 bits per heavy atom. The number of rotatable bonds is 30. The normalized spacial score (nSPS) is 11.3. The number of anilines is 1. The van der Waals surface area contributed by atoms with Crippen LogP contribution in [-0.2, 0) is 0 Å². The van der Waals surface area contributed by atoms with Gasteiger partial charge in [-0.1, -0.05) is 186 Å². The molecule has 38 heavy (non-hydrogen) atoms. The average molecular weight is 594 g/mol. The van der Waals surface area contributed by atoms with Gasteiger partial charge in [-0.3, -0.25) is 0 Å². The molecule has 0 saturated carbocycles. The molecule has 2 nitrogen and oxygen atoms in total. The Morgan fingerprint density at radius 1 is 0.474 bits per heavy atom. The fourth-order valence-corrected chi connectivity index (χ4v) is 5.86. The summed E-state index contributed by atoms with van der Waals surface area (Å²) in [6, 6.07) is 6.03. The molecule has 0 radical (unpaired) electrons. The summed E-state index contributed by atoms with van der Waals surface area (Å²) in [5, 5.41) is 3.41. The summed E-state index contributed by atoms with van der Waals surface area (Å²) < 4.78 is 0.901. The first-order chi connectivity index (χ1) is 18.8. The maximum Gasteiger partial charge on any atom is 0.127 e. The molecule has 0 aliphatic heterocycles. The van der Waals surface area contributed by atoms with Crippen molar-refractivity contribution in [2.45, 2.75) is 187 Å². The van der Waals surface area contributed by atoms with Crippen LogP contribution in [0.3, 0.4) is 0 Å². The summed E-state index contributed by atoms with van der Waals surface area (Å²) >= 11 is 3.42. The first-order valence-electron chi connectivity index (χ1n) is 17.2. The maximum atomic E-state index is 4.42. The van der Waals surface area contributed by atoms with E-state index >= 15 is 0 Å². The van der Waals surface area contributed by atoms with Crippen molar-refractivity contribution < 1.29 is 0 Å². The predicted octanol–water partition coefficient (Wildman–Crippen LogP) is 13.2. The van der Waals surface area contributed by atoms with Crippen LogP contribution in [0.25, 0.3) is 0 Å². The van der Waals surface area contributed by atoms with Crippen molar-refractivity contribution in [3.8, 4) is 0 Å². The lowest BCUT2D eigenvalue weighted by Gasteiger charge is -2.06. The number of unbranched alkanes of at least 4 members (excludes halogenated alkanes) is 27. The lowest BCUT2D eigenvalue weighted by Crippen LogP contribution is -2.03. The third-order valence-electron chi connectivity index (χ3n) is 8.05. The molecule has 0 fully saturated rings. The van der Waals surface area contributed by atoms with Gasteiger partial charge in [0, 0.05) is 6.54 Å². The van der Waals surface area contributed by atoms with Gasteiger partial charge >= 0.3 is 0 Å². The number of nitrogens with zero attached hydrogens (tertiary/aromatic N) is 1. The number of pyridine rings is 1. The van der Waals surface area contributed by atoms with Gasteiger partial charge in [-0.25, -0.2) is 4.98 Å². The lowest BCUT2D eigenvalue weighted by atomic mass is 10.0. The highest BCUT2D eigenvalue weighted by molar-refractivity contribution is 9.10. The maximum absolute atomic E-state index is 4.42. The molecule has 1 aromatic rings. The molecule has 0 bridgehead atoms. The van der Waals surface area contributed by atoms with Gasteiger partial charge in [0.2, 0.25) is 0 Å². The zero-order valence-electron chi connectivity index (χ0n) is 25.6. The Balaban J connectivity index is 1.64. The van der Waals surface area contributed by atoms with Crippen molar-refractivity contribution in [1.29, 1.82) is 0 Å². The van der Waals surface area contributed by atoms with Crippen molar-refractivity contribution in [3.05, 3.63) is 22.8 Å². The van der Waals surface area contributed by atoms with E-state index in [9.17, 15) is 0 Å². The number of aromatic nitrogens is 1. The summed E-state index contributed by atoms with van der Waals surface area (Å²) in [5.74, 6) is 0.976. The fraction of sp³-hybridized carbons (Fsp3) is 0.857. The Kier molecular flexibility index (Phi) is 27.4. The third-order valence-corrected chi connectivity index (χ3v) is 8.49. The highest BCUT2D eigenvalue weighted by atomic mass is 79.9. The van der Waals surface area contributed by atoms with Crippen LogP contribution in [0.1, 0.15) is 187 Å². The summed E-state index contributed by atoms with van der Waals surface area (Å²) in [4.78, 5) is 4.42. The van der Waals surface area contributed by atoms with Crippen molar-refractivity contribution >= 4 is 21.7 Å². The highest BCUT2D eigenvalue weighted by Crippen LogP contribution is 2.16. The van der Waals surface area contributed by atoms with Crippen molar-refractivity contribution in [2.24, 2.45) is 0 Å². The topological polar surface area (TPSA) is 24.9 Å². The molecule has 3 heteroatoms. The standard InChI is InChI=1S/C35H65BrN2/c1-2-3-4-5-6-7-8-9-10-11-12-13-14-15-16-17-18-19-20-21-22-23-24-25-26-27-28-29-33-37-35-32-30-31-34(36)38-35/h30-32H,2-29,33H2,1H3,(H,37,38). The van der Waals surface area contributed by atoms with Gasteiger partial charge in [-0.15, -0.1) is 0 Å². The minimum Gasteiger partial charge on any atom is -0.370 e. The van der Waals surface area contributed by atoms with Crippen LogP contribution < -0.4 is 5.32 Å². The van der Waals surface area contributed by atoms with Gasteiger partial charge in [0.15, 0.2) is 0 Å². The largest absolute Gasteiger partial charge is 0.370 e. The Labute approximate surface area is 247 Å². The third kappa shape index (κ3) is 25.7. The van der Waals surface area contributed by atoms with Crippen molar-refractivity contribution in [2.75, 3.05) is 11.9 Å². The summed E-state index contributed by atoms with van der Waals surface area (Å²) in [6.45, 7) is 3.34. The number of nitrogens with one attached hydrogen (secondary N) is 1. The molecule has 0 amide bonds. The van der Waals surface area contributed by atoms with Gasteiger partial charge in [-0.05, 0) is 34.5 Å². The van der Waals surface area contributed by atoms with Crippen LogP contribution in [0.4, 0.5) is 5.82 Å². The summed E-state index contributed by atoms with van der Waals surface area (Å²) in [5.41, 5.74) is 0. The van der Waals surface area contributed by atoms with E-state index in [1.54, 1.807) is 0 Å². The second kappa shape index (κ2) is 29.4. The SMILES string of the molecule is CCCCCCCCCCCCCCCCCCCCCCCCCCCCCCNc1cccc(Br)n1. The molecule has 0 unspecified atom stereocenters. The van der Waals surface area contributed by atoms with Gasteiger partial charge < -0.3 is 5.32 Å². The van der Waals surface area contributed by atoms with Crippen LogP contribution in [0.15, 0.2) is 22.8 Å². The molecule has 0 saturated heterocycles. The van der Waals surface area contributed by atoms with Crippen LogP contribution in [0, 0.1) is 0 Å².